The zero-order valence-corrected chi connectivity index (χ0v) is 21.1. The van der Waals surface area contributed by atoms with Crippen molar-refractivity contribution in [3.05, 3.63) is 60.2 Å². The van der Waals surface area contributed by atoms with E-state index in [1.807, 2.05) is 11.0 Å². The van der Waals surface area contributed by atoms with Gasteiger partial charge in [0.1, 0.15) is 11.3 Å². The predicted octanol–water partition coefficient (Wildman–Crippen LogP) is 4.30. The molecule has 10 nitrogen and oxygen atoms in total. The second-order valence-electron chi connectivity index (χ2n) is 9.90. The molecule has 6 rings (SSSR count). The van der Waals surface area contributed by atoms with E-state index in [4.69, 9.17) is 0 Å². The van der Waals surface area contributed by atoms with Gasteiger partial charge in [0, 0.05) is 49.7 Å². The summed E-state index contributed by atoms with van der Waals surface area (Å²) in [4.78, 5) is 31.9. The number of carbonyl (C=O) groups is 1. The maximum absolute atomic E-state index is 14.9. The van der Waals surface area contributed by atoms with E-state index >= 15 is 0 Å². The Morgan fingerprint density at radius 3 is 2.80 bits per heavy atom. The number of nitrogens with zero attached hydrogens (tertiary/aromatic N) is 8. The Morgan fingerprint density at radius 1 is 1.20 bits per heavy atom. The summed E-state index contributed by atoms with van der Waals surface area (Å²) < 4.78 is 56.4. The van der Waals surface area contributed by atoms with Crippen molar-refractivity contribution >= 4 is 16.9 Å². The number of aromatic nitrogens is 6. The first-order valence-electron chi connectivity index (χ1n) is 12.7. The number of halogens is 4. The van der Waals surface area contributed by atoms with Crippen LogP contribution in [0.4, 0.5) is 17.6 Å². The first-order valence-corrected chi connectivity index (χ1v) is 12.7. The molecule has 1 N–H and O–H groups in total. The molecule has 0 spiro atoms. The topological polar surface area (TPSA) is 120 Å². The van der Waals surface area contributed by atoms with Gasteiger partial charge in [-0.1, -0.05) is 0 Å². The maximum Gasteiger partial charge on any atom is 0.436 e. The number of nitrogens with one attached hydrogen (secondary N) is 1. The lowest BCUT2D eigenvalue weighted by atomic mass is 9.88. The largest absolute Gasteiger partial charge is 0.436 e. The van der Waals surface area contributed by atoms with Crippen LogP contribution in [0.3, 0.4) is 0 Å². The summed E-state index contributed by atoms with van der Waals surface area (Å²) >= 11 is 0. The third kappa shape index (κ3) is 4.17. The van der Waals surface area contributed by atoms with E-state index < -0.39 is 41.0 Å². The van der Waals surface area contributed by atoms with Crippen LogP contribution >= 0.6 is 0 Å². The van der Waals surface area contributed by atoms with E-state index in [-0.39, 0.29) is 13.0 Å². The highest BCUT2D eigenvalue weighted by Gasteiger charge is 2.53. The van der Waals surface area contributed by atoms with Crippen LogP contribution in [-0.4, -0.2) is 64.7 Å². The molecule has 0 bridgehead atoms. The highest BCUT2D eigenvalue weighted by Crippen LogP contribution is 2.43. The van der Waals surface area contributed by atoms with Crippen LogP contribution in [0.2, 0.25) is 0 Å². The standard InChI is InChI=1S/C26H23F4N9O/c27-20-18(5-10-32-21(20)26(28,29)30)24(40)37-11-2-1-3-19(37)38-12-7-25(38,6-8-31)39-15-17(14-35-39)23-34-13-16-4-9-33-22(16)36-23/h4-5,9-10,13-15,19H,1-3,6-7,11-12H2,(H,33,34,36). The minimum atomic E-state index is -5.03. The van der Waals surface area contributed by atoms with E-state index in [1.165, 1.54) is 4.90 Å². The molecule has 4 aromatic heterocycles. The smallest absolute Gasteiger partial charge is 0.346 e. The van der Waals surface area contributed by atoms with Gasteiger partial charge in [0.05, 0.1) is 36.0 Å². The minimum Gasteiger partial charge on any atom is -0.346 e. The van der Waals surface area contributed by atoms with Gasteiger partial charge in [-0.25, -0.2) is 19.3 Å². The number of hydrogen-bond donors (Lipinski definition) is 1. The van der Waals surface area contributed by atoms with E-state index in [9.17, 15) is 27.6 Å². The highest BCUT2D eigenvalue weighted by atomic mass is 19.4. The van der Waals surface area contributed by atoms with Crippen molar-refractivity contribution in [2.75, 3.05) is 13.1 Å². The molecule has 0 aromatic carbocycles. The van der Waals surface area contributed by atoms with Crippen LogP contribution in [-0.2, 0) is 11.8 Å². The zero-order chi connectivity index (χ0) is 28.1. The Bertz CT molecular complexity index is 1620. The fourth-order valence-corrected chi connectivity index (χ4v) is 5.65. The Labute approximate surface area is 225 Å². The Balaban J connectivity index is 1.32. The summed E-state index contributed by atoms with van der Waals surface area (Å²) in [6.07, 6.45) is 4.49. The van der Waals surface area contributed by atoms with Gasteiger partial charge in [-0.3, -0.25) is 14.4 Å². The average Bonchev–Trinajstić information content (AvgIpc) is 3.60. The number of rotatable bonds is 5. The molecular weight excluding hydrogens is 530 g/mol. The summed E-state index contributed by atoms with van der Waals surface area (Å²) in [6.45, 7) is 0.753. The number of alkyl halides is 3. The summed E-state index contributed by atoms with van der Waals surface area (Å²) in [5.74, 6) is -2.09. The van der Waals surface area contributed by atoms with Crippen LogP contribution in [0.5, 0.6) is 0 Å². The Hall–Kier alpha value is -4.38. The average molecular weight is 554 g/mol. The second kappa shape index (κ2) is 9.67. The number of H-pyrrole nitrogens is 1. The van der Waals surface area contributed by atoms with Gasteiger partial charge < -0.3 is 9.88 Å². The van der Waals surface area contributed by atoms with E-state index in [1.54, 1.807) is 29.5 Å². The molecular formula is C26H23F4N9O. The first kappa shape index (κ1) is 25.9. The van der Waals surface area contributed by atoms with Crippen molar-refractivity contribution in [1.82, 2.24) is 39.5 Å². The van der Waals surface area contributed by atoms with Crippen molar-refractivity contribution in [2.24, 2.45) is 0 Å². The number of likely N-dealkylation sites (tertiary alicyclic amines) is 2. The summed E-state index contributed by atoms with van der Waals surface area (Å²) in [6, 6.07) is 5.05. The molecule has 2 aliphatic rings. The molecule has 0 aliphatic carbocycles. The number of fused-ring (bicyclic) bond motifs is 1. The van der Waals surface area contributed by atoms with Crippen molar-refractivity contribution in [3.63, 3.8) is 0 Å². The van der Waals surface area contributed by atoms with E-state index in [2.05, 4.69) is 31.1 Å². The third-order valence-electron chi connectivity index (χ3n) is 7.70. The predicted molar refractivity (Wildman–Crippen MR) is 133 cm³/mol. The van der Waals surface area contributed by atoms with Crippen LogP contribution in [0.1, 0.15) is 48.2 Å². The van der Waals surface area contributed by atoms with Crippen LogP contribution in [0.15, 0.2) is 43.1 Å². The lowest BCUT2D eigenvalue weighted by Gasteiger charge is -2.57. The quantitative estimate of drug-likeness (QED) is 0.366. The van der Waals surface area contributed by atoms with Gasteiger partial charge >= 0.3 is 6.18 Å². The van der Waals surface area contributed by atoms with Gasteiger partial charge in [0.15, 0.2) is 17.3 Å². The lowest BCUT2D eigenvalue weighted by Crippen LogP contribution is -2.69. The van der Waals surface area contributed by atoms with E-state index in [0.29, 0.717) is 42.8 Å². The number of hydrogen-bond acceptors (Lipinski definition) is 7. The molecule has 2 atom stereocenters. The number of amides is 1. The molecule has 2 fully saturated rings. The fourth-order valence-electron chi connectivity index (χ4n) is 5.65. The maximum atomic E-state index is 14.9. The lowest BCUT2D eigenvalue weighted by molar-refractivity contribution is -0.154. The minimum absolute atomic E-state index is 0.0466. The van der Waals surface area contributed by atoms with Crippen molar-refractivity contribution < 1.29 is 22.4 Å². The van der Waals surface area contributed by atoms with Gasteiger partial charge in [0.25, 0.3) is 5.91 Å². The number of piperidine rings is 1. The molecule has 14 heteroatoms. The molecule has 6 heterocycles. The van der Waals surface area contributed by atoms with Crippen LogP contribution < -0.4 is 0 Å². The highest BCUT2D eigenvalue weighted by molar-refractivity contribution is 5.94. The van der Waals surface area contributed by atoms with Crippen molar-refractivity contribution in [1.29, 1.82) is 5.26 Å². The number of pyridine rings is 1. The van der Waals surface area contributed by atoms with Gasteiger partial charge in [0.2, 0.25) is 0 Å². The molecule has 2 aliphatic heterocycles. The zero-order valence-electron chi connectivity index (χ0n) is 21.1. The SMILES string of the molecule is N#CCC1(n2cc(-c3ncc4cc[nH]c4n3)cn2)CCN1C1CCCCN1C(=O)c1ccnc(C(F)(F)F)c1F. The molecule has 2 saturated heterocycles. The third-order valence-corrected chi connectivity index (χ3v) is 7.70. The molecule has 40 heavy (non-hydrogen) atoms. The summed E-state index contributed by atoms with van der Waals surface area (Å²) in [5.41, 5.74) is -2.01. The van der Waals surface area contributed by atoms with Crippen LogP contribution in [0, 0.1) is 17.1 Å². The molecule has 206 valence electrons. The normalized spacial score (nSPS) is 21.8. The molecule has 4 aromatic rings. The monoisotopic (exact) mass is 553 g/mol. The summed E-state index contributed by atoms with van der Waals surface area (Å²) in [5, 5.41) is 15.2. The van der Waals surface area contributed by atoms with Crippen molar-refractivity contribution in [2.45, 2.75) is 50.1 Å². The first-order chi connectivity index (χ1) is 19.2. The fraction of sp³-hybridized carbons (Fsp3) is 0.385. The number of carbonyl (C=O) groups excluding carboxylic acids is 1. The molecule has 2 unspecified atom stereocenters. The Kier molecular flexibility index (Phi) is 6.25. The van der Waals surface area contributed by atoms with Crippen molar-refractivity contribution in [3.8, 4) is 17.5 Å². The Morgan fingerprint density at radius 2 is 2.05 bits per heavy atom. The summed E-state index contributed by atoms with van der Waals surface area (Å²) in [7, 11) is 0. The molecule has 1 amide bonds. The molecule has 0 saturated carbocycles. The number of nitriles is 1. The molecule has 0 radical (unpaired) electrons. The van der Waals surface area contributed by atoms with Gasteiger partial charge in [-0.05, 0) is 31.4 Å². The second-order valence-corrected chi connectivity index (χ2v) is 9.90. The van der Waals surface area contributed by atoms with Gasteiger partial charge in [-0.15, -0.1) is 0 Å². The number of aromatic amines is 1. The van der Waals surface area contributed by atoms with Gasteiger partial charge in [-0.2, -0.15) is 23.5 Å². The van der Waals surface area contributed by atoms with Crippen LogP contribution in [0.25, 0.3) is 22.4 Å². The van der Waals surface area contributed by atoms with E-state index in [0.717, 1.165) is 24.1 Å².